The van der Waals surface area contributed by atoms with Crippen LogP contribution in [0, 0.1) is 12.8 Å². The molecule has 34 heavy (non-hydrogen) atoms. The summed E-state index contributed by atoms with van der Waals surface area (Å²) in [6.07, 6.45) is 2.68. The topological polar surface area (TPSA) is 105 Å². The lowest BCUT2D eigenvalue weighted by molar-refractivity contribution is -0.143. The maximum atomic E-state index is 12.4. The van der Waals surface area contributed by atoms with Crippen LogP contribution in [0.25, 0.3) is 10.1 Å². The minimum atomic E-state index is -0.733. The first-order valence-electron chi connectivity index (χ1n) is 11.4. The summed E-state index contributed by atoms with van der Waals surface area (Å²) < 4.78 is 7.10. The highest BCUT2D eigenvalue weighted by Crippen LogP contribution is 2.28. The third-order valence-corrected chi connectivity index (χ3v) is 7.07. The summed E-state index contributed by atoms with van der Waals surface area (Å²) >= 11 is 1.70. The molecule has 178 valence electrons. The number of rotatable bonds is 8. The molecule has 1 saturated carbocycles. The molecule has 0 unspecified atom stereocenters. The van der Waals surface area contributed by atoms with E-state index in [0.717, 1.165) is 10.1 Å². The molecule has 1 aliphatic rings. The van der Waals surface area contributed by atoms with Gasteiger partial charge in [-0.1, -0.05) is 0 Å². The van der Waals surface area contributed by atoms with Crippen LogP contribution in [0.4, 0.5) is 0 Å². The Morgan fingerprint density at radius 2 is 1.53 bits per heavy atom. The number of aryl methyl sites for hydroxylation is 1. The molecule has 1 heterocycles. The van der Waals surface area contributed by atoms with Gasteiger partial charge in [0.25, 0.3) is 11.8 Å². The quantitative estimate of drug-likeness (QED) is 0.415. The smallest absolute Gasteiger partial charge is 0.306 e. The number of benzene rings is 2. The molecule has 1 aromatic heterocycles. The summed E-state index contributed by atoms with van der Waals surface area (Å²) in [5.74, 6) is -0.731. The minimum absolute atomic E-state index is 0.00311. The molecule has 7 nitrogen and oxygen atoms in total. The summed E-state index contributed by atoms with van der Waals surface area (Å²) in [6.45, 7) is 2.68. The number of fused-ring (bicyclic) bond motifs is 1. The van der Waals surface area contributed by atoms with E-state index in [1.165, 1.54) is 4.88 Å². The van der Waals surface area contributed by atoms with Gasteiger partial charge in [-0.05, 0) is 86.5 Å². The maximum absolute atomic E-state index is 12.4. The number of carboxylic acids is 1. The summed E-state index contributed by atoms with van der Waals surface area (Å²) in [4.78, 5) is 37.1. The molecule has 0 atom stereocenters. The SMILES string of the molecule is Cc1cc2cc(C(=O)NCCNC(=O)c3ccc(O[C@H]4CC[C@@H](C(=O)O)CC4)cc3)ccc2s1. The zero-order valence-corrected chi connectivity index (χ0v) is 19.8. The van der Waals surface area contributed by atoms with Crippen molar-refractivity contribution in [2.75, 3.05) is 13.1 Å². The van der Waals surface area contributed by atoms with E-state index >= 15 is 0 Å². The van der Waals surface area contributed by atoms with Crippen molar-refractivity contribution in [3.05, 3.63) is 64.5 Å². The van der Waals surface area contributed by atoms with E-state index in [1.807, 2.05) is 25.1 Å². The summed E-state index contributed by atoms with van der Waals surface area (Å²) in [5, 5.41) is 15.8. The second kappa shape index (κ2) is 10.7. The molecule has 4 rings (SSSR count). The summed E-state index contributed by atoms with van der Waals surface area (Å²) in [6, 6.07) is 14.6. The lowest BCUT2D eigenvalue weighted by Crippen LogP contribution is -2.34. The Balaban J connectivity index is 1.19. The first kappa shape index (κ1) is 23.8. The van der Waals surface area contributed by atoms with Crippen LogP contribution in [0.15, 0.2) is 48.5 Å². The van der Waals surface area contributed by atoms with Crippen LogP contribution < -0.4 is 15.4 Å². The van der Waals surface area contributed by atoms with Gasteiger partial charge in [0.05, 0.1) is 12.0 Å². The van der Waals surface area contributed by atoms with Gasteiger partial charge >= 0.3 is 5.97 Å². The first-order chi connectivity index (χ1) is 16.4. The zero-order chi connectivity index (χ0) is 24.1. The second-order valence-electron chi connectivity index (χ2n) is 8.58. The number of amides is 2. The highest BCUT2D eigenvalue weighted by Gasteiger charge is 2.26. The molecule has 8 heteroatoms. The van der Waals surface area contributed by atoms with E-state index in [4.69, 9.17) is 9.84 Å². The van der Waals surface area contributed by atoms with Crippen LogP contribution in [-0.4, -0.2) is 42.1 Å². The van der Waals surface area contributed by atoms with Gasteiger partial charge in [-0.15, -0.1) is 11.3 Å². The number of carboxylic acid groups (broad SMARTS) is 1. The van der Waals surface area contributed by atoms with Gasteiger partial charge in [0.2, 0.25) is 0 Å². The van der Waals surface area contributed by atoms with E-state index in [1.54, 1.807) is 35.6 Å². The number of nitrogens with one attached hydrogen (secondary N) is 2. The molecule has 0 saturated heterocycles. The first-order valence-corrected chi connectivity index (χ1v) is 12.3. The monoisotopic (exact) mass is 480 g/mol. The maximum Gasteiger partial charge on any atom is 0.306 e. The van der Waals surface area contributed by atoms with E-state index < -0.39 is 5.97 Å². The van der Waals surface area contributed by atoms with Crippen LogP contribution in [-0.2, 0) is 4.79 Å². The predicted molar refractivity (Wildman–Crippen MR) is 132 cm³/mol. The fraction of sp³-hybridized carbons (Fsp3) is 0.346. The number of aliphatic carboxylic acids is 1. The largest absolute Gasteiger partial charge is 0.490 e. The third kappa shape index (κ3) is 5.94. The molecule has 2 aromatic carbocycles. The second-order valence-corrected chi connectivity index (χ2v) is 9.86. The lowest BCUT2D eigenvalue weighted by atomic mass is 9.87. The average molecular weight is 481 g/mol. The lowest BCUT2D eigenvalue weighted by Gasteiger charge is -2.26. The molecule has 3 N–H and O–H groups in total. The number of carbonyl (C=O) groups excluding carboxylic acids is 2. The Kier molecular flexibility index (Phi) is 7.47. The van der Waals surface area contributed by atoms with Crippen molar-refractivity contribution in [3.63, 3.8) is 0 Å². The number of carbonyl (C=O) groups is 3. The average Bonchev–Trinajstić information content (AvgIpc) is 3.21. The Morgan fingerprint density at radius 1 is 0.912 bits per heavy atom. The van der Waals surface area contributed by atoms with Crippen molar-refractivity contribution < 1.29 is 24.2 Å². The van der Waals surface area contributed by atoms with E-state index in [9.17, 15) is 14.4 Å². The van der Waals surface area contributed by atoms with E-state index in [-0.39, 0.29) is 23.8 Å². The summed E-state index contributed by atoms with van der Waals surface area (Å²) in [5.41, 5.74) is 1.11. The molecule has 0 radical (unpaired) electrons. The fourth-order valence-electron chi connectivity index (χ4n) is 4.18. The standard InChI is InChI=1S/C26H28N2O5S/c1-16-14-20-15-19(6-11-23(20)34-16)25(30)28-13-12-27-24(29)17-2-7-21(8-3-17)33-22-9-4-18(5-10-22)26(31)32/h2-3,6-8,11,14-15,18,22H,4-5,9-10,12-13H2,1H3,(H,27,29)(H,28,30)(H,31,32)/t18-,22+. The molecule has 0 spiro atoms. The van der Waals surface area contributed by atoms with Crippen molar-refractivity contribution >= 4 is 39.2 Å². The van der Waals surface area contributed by atoms with Crippen LogP contribution in [0.5, 0.6) is 5.75 Å². The van der Waals surface area contributed by atoms with Crippen molar-refractivity contribution in [3.8, 4) is 5.75 Å². The Hall–Kier alpha value is -3.39. The molecule has 2 amide bonds. The number of thiophene rings is 1. The van der Waals surface area contributed by atoms with Crippen molar-refractivity contribution in [2.45, 2.75) is 38.7 Å². The molecule has 1 aliphatic carbocycles. The van der Waals surface area contributed by atoms with Gasteiger partial charge in [-0.2, -0.15) is 0 Å². The Morgan fingerprint density at radius 3 is 2.18 bits per heavy atom. The molecule has 1 fully saturated rings. The Labute approximate surface area is 202 Å². The van der Waals surface area contributed by atoms with Crippen LogP contribution >= 0.6 is 11.3 Å². The predicted octanol–water partition coefficient (Wildman–Crippen LogP) is 4.39. The van der Waals surface area contributed by atoms with Gasteiger partial charge in [0.1, 0.15) is 5.75 Å². The van der Waals surface area contributed by atoms with Crippen LogP contribution in [0.3, 0.4) is 0 Å². The van der Waals surface area contributed by atoms with Crippen LogP contribution in [0.1, 0.15) is 51.3 Å². The van der Waals surface area contributed by atoms with E-state index in [2.05, 4.69) is 16.7 Å². The fourth-order valence-corrected chi connectivity index (χ4v) is 5.08. The number of hydrogen-bond donors (Lipinski definition) is 3. The van der Waals surface area contributed by atoms with Gasteiger partial charge < -0.3 is 20.5 Å². The van der Waals surface area contributed by atoms with Crippen LogP contribution in [0.2, 0.25) is 0 Å². The Bertz CT molecular complexity index is 1180. The van der Waals surface area contributed by atoms with Crippen molar-refractivity contribution in [1.82, 2.24) is 10.6 Å². The third-order valence-electron chi connectivity index (χ3n) is 6.04. The van der Waals surface area contributed by atoms with Gasteiger partial charge in [0.15, 0.2) is 0 Å². The van der Waals surface area contributed by atoms with E-state index in [0.29, 0.717) is 55.6 Å². The van der Waals surface area contributed by atoms with Gasteiger partial charge in [-0.3, -0.25) is 14.4 Å². The molecule has 0 aliphatic heterocycles. The summed E-state index contributed by atoms with van der Waals surface area (Å²) in [7, 11) is 0. The van der Waals surface area contributed by atoms with Gasteiger partial charge in [0, 0.05) is 33.8 Å². The number of hydrogen-bond acceptors (Lipinski definition) is 5. The highest BCUT2D eigenvalue weighted by atomic mass is 32.1. The minimum Gasteiger partial charge on any atom is -0.490 e. The highest BCUT2D eigenvalue weighted by molar-refractivity contribution is 7.19. The molecule has 3 aromatic rings. The van der Waals surface area contributed by atoms with Gasteiger partial charge in [-0.25, -0.2) is 0 Å². The zero-order valence-electron chi connectivity index (χ0n) is 19.0. The molecular formula is C26H28N2O5S. The molecular weight excluding hydrogens is 452 g/mol. The van der Waals surface area contributed by atoms with Crippen molar-refractivity contribution in [2.24, 2.45) is 5.92 Å². The normalized spacial score (nSPS) is 17.8. The molecule has 0 bridgehead atoms. The van der Waals surface area contributed by atoms with Crippen molar-refractivity contribution in [1.29, 1.82) is 0 Å². The number of ether oxygens (including phenoxy) is 1.